The first-order valence-electron chi connectivity index (χ1n) is 6.12. The van der Waals surface area contributed by atoms with Crippen molar-refractivity contribution in [1.82, 2.24) is 5.32 Å². The Bertz CT molecular complexity index is 388. The number of carbonyl (C=O) groups excluding carboxylic acids is 1. The van der Waals surface area contributed by atoms with Crippen LogP contribution in [0.5, 0.6) is 0 Å². The normalized spacial score (nSPS) is 18.8. The van der Waals surface area contributed by atoms with Crippen molar-refractivity contribution in [3.63, 3.8) is 0 Å². The van der Waals surface area contributed by atoms with Gasteiger partial charge in [-0.25, -0.2) is 0 Å². The fraction of sp³-hybridized carbons (Fsp3) is 0.462. The van der Waals surface area contributed by atoms with E-state index in [4.69, 9.17) is 16.3 Å². The molecule has 0 unspecified atom stereocenters. The van der Waals surface area contributed by atoms with Crippen LogP contribution >= 0.6 is 11.6 Å². The van der Waals surface area contributed by atoms with E-state index in [1.807, 2.05) is 0 Å². The van der Waals surface area contributed by atoms with E-state index in [0.29, 0.717) is 11.6 Å². The Labute approximate surface area is 112 Å². The molecule has 1 aromatic carbocycles. The molecule has 1 fully saturated rings. The predicted octanol–water partition coefficient (Wildman–Crippen LogP) is 2.05. The number of benzene rings is 1. The number of hydrogen-bond acceptors (Lipinski definition) is 3. The molecule has 0 aliphatic carbocycles. The van der Waals surface area contributed by atoms with E-state index in [1.165, 1.54) is 0 Å². The zero-order valence-electron chi connectivity index (χ0n) is 10.1. The molecule has 2 rings (SSSR count). The quantitative estimate of drug-likeness (QED) is 0.859. The zero-order chi connectivity index (χ0) is 12.8. The standard InChI is InChI=1S/C13H17ClN2O2/c14-10-3-5-11(6-4-10)16-13(17)9-15-8-12-2-1-7-18-12/h3-6,12,15H,1-2,7-9H2,(H,16,17)/t12-/m1/s1. The van der Waals surface area contributed by atoms with Crippen molar-refractivity contribution in [2.24, 2.45) is 0 Å². The van der Waals surface area contributed by atoms with Crippen LogP contribution in [0, 0.1) is 0 Å². The summed E-state index contributed by atoms with van der Waals surface area (Å²) >= 11 is 5.77. The molecule has 2 N–H and O–H groups in total. The number of anilines is 1. The van der Waals surface area contributed by atoms with Gasteiger partial charge in [-0.15, -0.1) is 0 Å². The topological polar surface area (TPSA) is 50.4 Å². The molecule has 1 amide bonds. The molecule has 5 heteroatoms. The van der Waals surface area contributed by atoms with E-state index in [2.05, 4.69) is 10.6 Å². The molecular weight excluding hydrogens is 252 g/mol. The lowest BCUT2D eigenvalue weighted by Crippen LogP contribution is -2.33. The van der Waals surface area contributed by atoms with Gasteiger partial charge in [-0.05, 0) is 37.1 Å². The van der Waals surface area contributed by atoms with Gasteiger partial charge in [-0.3, -0.25) is 4.79 Å². The average molecular weight is 269 g/mol. The smallest absolute Gasteiger partial charge is 0.238 e. The number of carbonyl (C=O) groups is 1. The molecule has 0 radical (unpaired) electrons. The van der Waals surface area contributed by atoms with Crippen LogP contribution in [0.3, 0.4) is 0 Å². The molecule has 0 bridgehead atoms. The van der Waals surface area contributed by atoms with Gasteiger partial charge in [0.1, 0.15) is 0 Å². The number of ether oxygens (including phenoxy) is 1. The largest absolute Gasteiger partial charge is 0.377 e. The Hall–Kier alpha value is -1.10. The van der Waals surface area contributed by atoms with Gasteiger partial charge in [0, 0.05) is 23.9 Å². The molecule has 0 aromatic heterocycles. The van der Waals surface area contributed by atoms with E-state index >= 15 is 0 Å². The van der Waals surface area contributed by atoms with Crippen LogP contribution in [0.4, 0.5) is 5.69 Å². The van der Waals surface area contributed by atoms with Crippen LogP contribution < -0.4 is 10.6 Å². The second-order valence-electron chi connectivity index (χ2n) is 4.32. The van der Waals surface area contributed by atoms with Gasteiger partial charge >= 0.3 is 0 Å². The van der Waals surface area contributed by atoms with Crippen molar-refractivity contribution in [2.45, 2.75) is 18.9 Å². The number of amides is 1. The molecule has 0 saturated carbocycles. The van der Waals surface area contributed by atoms with Crippen LogP contribution in [0.2, 0.25) is 5.02 Å². The zero-order valence-corrected chi connectivity index (χ0v) is 10.9. The van der Waals surface area contributed by atoms with Crippen molar-refractivity contribution in [3.05, 3.63) is 29.3 Å². The third-order valence-electron chi connectivity index (χ3n) is 2.81. The molecule has 4 nitrogen and oxygen atoms in total. The minimum Gasteiger partial charge on any atom is -0.377 e. The van der Waals surface area contributed by atoms with Gasteiger partial charge in [0.2, 0.25) is 5.91 Å². The van der Waals surface area contributed by atoms with Crippen LogP contribution in [0.25, 0.3) is 0 Å². The van der Waals surface area contributed by atoms with Crippen LogP contribution in [-0.4, -0.2) is 31.7 Å². The molecule has 1 aliphatic heterocycles. The first-order valence-corrected chi connectivity index (χ1v) is 6.49. The highest BCUT2D eigenvalue weighted by Gasteiger charge is 2.14. The Kier molecular flexibility index (Phi) is 4.99. The molecule has 1 atom stereocenters. The Morgan fingerprint density at radius 3 is 2.83 bits per heavy atom. The van der Waals surface area contributed by atoms with Crippen molar-refractivity contribution in [2.75, 3.05) is 25.0 Å². The summed E-state index contributed by atoms with van der Waals surface area (Å²) in [5, 5.41) is 6.55. The third kappa shape index (κ3) is 4.29. The van der Waals surface area contributed by atoms with Crippen LogP contribution in [0.1, 0.15) is 12.8 Å². The SMILES string of the molecule is O=C(CNC[C@H]1CCCO1)Nc1ccc(Cl)cc1. The maximum atomic E-state index is 11.6. The first kappa shape index (κ1) is 13.3. The van der Waals surface area contributed by atoms with E-state index in [-0.39, 0.29) is 12.0 Å². The molecular formula is C13H17ClN2O2. The number of nitrogens with one attached hydrogen (secondary N) is 2. The van der Waals surface area contributed by atoms with Crippen LogP contribution in [0.15, 0.2) is 24.3 Å². The molecule has 1 heterocycles. The second kappa shape index (κ2) is 6.73. The highest BCUT2D eigenvalue weighted by Crippen LogP contribution is 2.13. The molecule has 1 aromatic rings. The molecule has 1 saturated heterocycles. The average Bonchev–Trinajstić information content (AvgIpc) is 2.85. The van der Waals surface area contributed by atoms with Gasteiger partial charge in [0.25, 0.3) is 0 Å². The van der Waals surface area contributed by atoms with Crippen molar-refractivity contribution < 1.29 is 9.53 Å². The number of rotatable bonds is 5. The summed E-state index contributed by atoms with van der Waals surface area (Å²) in [6, 6.07) is 7.05. The van der Waals surface area contributed by atoms with E-state index in [9.17, 15) is 4.79 Å². The monoisotopic (exact) mass is 268 g/mol. The van der Waals surface area contributed by atoms with E-state index in [1.54, 1.807) is 24.3 Å². The maximum Gasteiger partial charge on any atom is 0.238 e. The van der Waals surface area contributed by atoms with Gasteiger partial charge in [-0.1, -0.05) is 11.6 Å². The summed E-state index contributed by atoms with van der Waals surface area (Å²) in [5.74, 6) is -0.0599. The fourth-order valence-electron chi connectivity index (χ4n) is 1.89. The Balaban J connectivity index is 1.66. The highest BCUT2D eigenvalue weighted by molar-refractivity contribution is 6.30. The lowest BCUT2D eigenvalue weighted by Gasteiger charge is -2.10. The van der Waals surface area contributed by atoms with Gasteiger partial charge in [0.15, 0.2) is 0 Å². The summed E-state index contributed by atoms with van der Waals surface area (Å²) in [7, 11) is 0. The number of halogens is 1. The second-order valence-corrected chi connectivity index (χ2v) is 4.76. The summed E-state index contributed by atoms with van der Waals surface area (Å²) in [6.07, 6.45) is 2.45. The van der Waals surface area contributed by atoms with Gasteiger partial charge in [0.05, 0.1) is 12.6 Å². The molecule has 98 valence electrons. The summed E-state index contributed by atoms with van der Waals surface area (Å²) in [5.41, 5.74) is 0.753. The minimum atomic E-state index is -0.0599. The fourth-order valence-corrected chi connectivity index (χ4v) is 2.02. The first-order chi connectivity index (χ1) is 8.74. The molecule has 0 spiro atoms. The van der Waals surface area contributed by atoms with Crippen molar-refractivity contribution in [1.29, 1.82) is 0 Å². The minimum absolute atomic E-state index is 0.0599. The van der Waals surface area contributed by atoms with Gasteiger partial charge in [-0.2, -0.15) is 0 Å². The van der Waals surface area contributed by atoms with Crippen molar-refractivity contribution in [3.8, 4) is 0 Å². The summed E-state index contributed by atoms with van der Waals surface area (Å²) < 4.78 is 5.46. The third-order valence-corrected chi connectivity index (χ3v) is 3.06. The predicted molar refractivity (Wildman–Crippen MR) is 71.9 cm³/mol. The molecule has 18 heavy (non-hydrogen) atoms. The maximum absolute atomic E-state index is 11.6. The summed E-state index contributed by atoms with van der Waals surface area (Å²) in [4.78, 5) is 11.6. The van der Waals surface area contributed by atoms with Crippen LogP contribution in [-0.2, 0) is 9.53 Å². The van der Waals surface area contributed by atoms with Crippen molar-refractivity contribution >= 4 is 23.2 Å². The number of hydrogen-bond donors (Lipinski definition) is 2. The van der Waals surface area contributed by atoms with Gasteiger partial charge < -0.3 is 15.4 Å². The lowest BCUT2D eigenvalue weighted by molar-refractivity contribution is -0.115. The van der Waals surface area contributed by atoms with E-state index in [0.717, 1.165) is 31.7 Å². The Morgan fingerprint density at radius 1 is 1.39 bits per heavy atom. The Morgan fingerprint density at radius 2 is 2.17 bits per heavy atom. The highest BCUT2D eigenvalue weighted by atomic mass is 35.5. The lowest BCUT2D eigenvalue weighted by atomic mass is 10.2. The molecule has 1 aliphatic rings. The van der Waals surface area contributed by atoms with E-state index < -0.39 is 0 Å². The summed E-state index contributed by atoms with van der Waals surface area (Å²) in [6.45, 7) is 1.86.